The van der Waals surface area contributed by atoms with Gasteiger partial charge >= 0.3 is 0 Å². The van der Waals surface area contributed by atoms with Gasteiger partial charge in [-0.25, -0.2) is 0 Å². The summed E-state index contributed by atoms with van der Waals surface area (Å²) in [5.41, 5.74) is 1.02. The molecule has 1 rings (SSSR count). The van der Waals surface area contributed by atoms with E-state index in [1.54, 1.807) is 0 Å². The number of rotatable bonds is 8. The van der Waals surface area contributed by atoms with Crippen LogP contribution in [0.2, 0.25) is 5.02 Å². The lowest BCUT2D eigenvalue weighted by atomic mass is 10.1. The van der Waals surface area contributed by atoms with Crippen molar-refractivity contribution in [1.29, 1.82) is 0 Å². The zero-order valence-corrected chi connectivity index (χ0v) is 13.6. The number of benzene rings is 1. The van der Waals surface area contributed by atoms with Crippen molar-refractivity contribution in [3.05, 3.63) is 27.7 Å². The molecule has 0 aliphatic carbocycles. The van der Waals surface area contributed by atoms with Crippen LogP contribution in [0, 0.1) is 0 Å². The molecular weight excluding hydrogens is 310 g/mol. The summed E-state index contributed by atoms with van der Waals surface area (Å²) in [6.07, 6.45) is 7.86. The third-order valence-electron chi connectivity index (χ3n) is 3.07. The van der Waals surface area contributed by atoms with E-state index in [2.05, 4.69) is 35.1 Å². The van der Waals surface area contributed by atoms with Crippen molar-refractivity contribution in [1.82, 2.24) is 0 Å². The first kappa shape index (κ1) is 15.8. The molecule has 1 nitrogen and oxygen atoms in total. The molecule has 0 saturated carbocycles. The molecule has 1 N–H and O–H groups in total. The van der Waals surface area contributed by atoms with Gasteiger partial charge in [-0.05, 0) is 31.5 Å². The van der Waals surface area contributed by atoms with Crippen molar-refractivity contribution in [2.24, 2.45) is 0 Å². The van der Waals surface area contributed by atoms with Crippen LogP contribution in [0.5, 0.6) is 0 Å². The molecule has 0 aromatic heterocycles. The first-order chi connectivity index (χ1) is 8.63. The van der Waals surface area contributed by atoms with Gasteiger partial charge < -0.3 is 5.32 Å². The molecule has 0 bridgehead atoms. The summed E-state index contributed by atoms with van der Waals surface area (Å²) in [7, 11) is 0. The van der Waals surface area contributed by atoms with E-state index in [0.29, 0.717) is 6.04 Å². The van der Waals surface area contributed by atoms with Crippen LogP contribution in [-0.4, -0.2) is 6.04 Å². The summed E-state index contributed by atoms with van der Waals surface area (Å²) in [4.78, 5) is 0. The summed E-state index contributed by atoms with van der Waals surface area (Å²) in [6, 6.07) is 6.39. The van der Waals surface area contributed by atoms with Gasteiger partial charge in [0.2, 0.25) is 0 Å². The molecule has 0 fully saturated rings. The number of hydrogen-bond acceptors (Lipinski definition) is 1. The molecule has 0 heterocycles. The summed E-state index contributed by atoms with van der Waals surface area (Å²) < 4.78 is 1.06. The van der Waals surface area contributed by atoms with E-state index in [4.69, 9.17) is 11.6 Å². The zero-order chi connectivity index (χ0) is 13.4. The Hall–Kier alpha value is -0.210. The lowest BCUT2D eigenvalue weighted by Gasteiger charge is -2.16. The average molecular weight is 333 g/mol. The fourth-order valence-electron chi connectivity index (χ4n) is 2.00. The fourth-order valence-corrected chi connectivity index (χ4v) is 2.53. The second-order valence-electron chi connectivity index (χ2n) is 4.87. The zero-order valence-electron chi connectivity index (χ0n) is 11.3. The van der Waals surface area contributed by atoms with Crippen LogP contribution >= 0.6 is 27.5 Å². The molecule has 1 aromatic rings. The van der Waals surface area contributed by atoms with Crippen molar-refractivity contribution < 1.29 is 0 Å². The van der Waals surface area contributed by atoms with E-state index >= 15 is 0 Å². The molecule has 0 amide bonds. The maximum absolute atomic E-state index is 6.16. The number of nitrogens with one attached hydrogen (secondary N) is 1. The lowest BCUT2D eigenvalue weighted by molar-refractivity contribution is 0.578. The minimum Gasteiger partial charge on any atom is -0.381 e. The second kappa shape index (κ2) is 8.82. The Balaban J connectivity index is 2.30. The maximum Gasteiger partial charge on any atom is 0.0638 e. The quantitative estimate of drug-likeness (QED) is 0.554. The van der Waals surface area contributed by atoms with Crippen LogP contribution in [0.3, 0.4) is 0 Å². The highest BCUT2D eigenvalue weighted by molar-refractivity contribution is 9.10. The van der Waals surface area contributed by atoms with Crippen molar-refractivity contribution in [3.63, 3.8) is 0 Å². The van der Waals surface area contributed by atoms with Crippen molar-refractivity contribution in [2.45, 2.75) is 58.4 Å². The number of anilines is 1. The van der Waals surface area contributed by atoms with Crippen LogP contribution in [0.15, 0.2) is 22.7 Å². The highest BCUT2D eigenvalue weighted by Crippen LogP contribution is 2.26. The van der Waals surface area contributed by atoms with E-state index in [-0.39, 0.29) is 0 Å². The van der Waals surface area contributed by atoms with Crippen molar-refractivity contribution in [2.75, 3.05) is 5.32 Å². The van der Waals surface area contributed by atoms with Crippen LogP contribution in [0.1, 0.15) is 52.4 Å². The molecule has 18 heavy (non-hydrogen) atoms. The van der Waals surface area contributed by atoms with Crippen molar-refractivity contribution in [3.8, 4) is 0 Å². The van der Waals surface area contributed by atoms with E-state index < -0.39 is 0 Å². The minimum atomic E-state index is 0.471. The summed E-state index contributed by atoms with van der Waals surface area (Å²) >= 11 is 9.63. The van der Waals surface area contributed by atoms with Gasteiger partial charge in [0.1, 0.15) is 0 Å². The summed E-state index contributed by atoms with van der Waals surface area (Å²) in [5.74, 6) is 0. The highest BCUT2D eigenvalue weighted by atomic mass is 79.9. The average Bonchev–Trinajstić information content (AvgIpc) is 2.33. The predicted octanol–water partition coefficient (Wildman–Crippen LogP) is 6.26. The fraction of sp³-hybridized carbons (Fsp3) is 0.600. The maximum atomic E-state index is 6.16. The van der Waals surface area contributed by atoms with Crippen LogP contribution in [0.4, 0.5) is 5.69 Å². The van der Waals surface area contributed by atoms with Gasteiger partial charge in [-0.3, -0.25) is 0 Å². The first-order valence-corrected chi connectivity index (χ1v) is 8.02. The highest BCUT2D eigenvalue weighted by Gasteiger charge is 2.05. The first-order valence-electron chi connectivity index (χ1n) is 6.85. The molecule has 0 radical (unpaired) electrons. The van der Waals surface area contributed by atoms with E-state index in [1.807, 2.05) is 18.2 Å². The molecule has 1 unspecified atom stereocenters. The molecule has 1 atom stereocenters. The normalized spacial score (nSPS) is 12.4. The predicted molar refractivity (Wildman–Crippen MR) is 85.6 cm³/mol. The Morgan fingerprint density at radius 3 is 2.67 bits per heavy atom. The molecular formula is C15H23BrClN. The Kier molecular flexibility index (Phi) is 7.76. The Morgan fingerprint density at radius 2 is 1.94 bits per heavy atom. The van der Waals surface area contributed by atoms with Crippen LogP contribution in [-0.2, 0) is 0 Å². The van der Waals surface area contributed by atoms with Crippen LogP contribution in [0.25, 0.3) is 0 Å². The smallest absolute Gasteiger partial charge is 0.0638 e. The standard InChI is InChI=1S/C15H23BrClN/c1-3-4-5-6-7-8-12(2)18-15-11-13(16)9-10-14(15)17/h9-12,18H,3-8H2,1-2H3. The number of halogens is 2. The van der Waals surface area contributed by atoms with E-state index in [0.717, 1.165) is 15.2 Å². The monoisotopic (exact) mass is 331 g/mol. The van der Waals surface area contributed by atoms with Gasteiger partial charge in [0, 0.05) is 10.5 Å². The third kappa shape index (κ3) is 6.10. The minimum absolute atomic E-state index is 0.471. The van der Waals surface area contributed by atoms with E-state index in [9.17, 15) is 0 Å². The SMILES string of the molecule is CCCCCCCC(C)Nc1cc(Br)ccc1Cl. The Labute approximate surface area is 124 Å². The Morgan fingerprint density at radius 1 is 1.22 bits per heavy atom. The third-order valence-corrected chi connectivity index (χ3v) is 3.89. The summed E-state index contributed by atoms with van der Waals surface area (Å²) in [5, 5.41) is 4.27. The van der Waals surface area contributed by atoms with Gasteiger partial charge in [0.25, 0.3) is 0 Å². The van der Waals surface area contributed by atoms with Gasteiger partial charge in [0.15, 0.2) is 0 Å². The van der Waals surface area contributed by atoms with Crippen LogP contribution < -0.4 is 5.32 Å². The molecule has 102 valence electrons. The number of unbranched alkanes of at least 4 members (excludes halogenated alkanes) is 4. The summed E-state index contributed by atoms with van der Waals surface area (Å²) in [6.45, 7) is 4.47. The molecule has 0 saturated heterocycles. The molecule has 1 aromatic carbocycles. The largest absolute Gasteiger partial charge is 0.381 e. The van der Waals surface area contributed by atoms with E-state index in [1.165, 1.54) is 38.5 Å². The van der Waals surface area contributed by atoms with Gasteiger partial charge in [-0.1, -0.05) is 66.6 Å². The lowest BCUT2D eigenvalue weighted by Crippen LogP contribution is -2.15. The molecule has 0 spiro atoms. The van der Waals surface area contributed by atoms with Gasteiger partial charge in [-0.15, -0.1) is 0 Å². The van der Waals surface area contributed by atoms with Crippen molar-refractivity contribution >= 4 is 33.2 Å². The van der Waals surface area contributed by atoms with Gasteiger partial charge in [-0.2, -0.15) is 0 Å². The van der Waals surface area contributed by atoms with Gasteiger partial charge in [0.05, 0.1) is 10.7 Å². The molecule has 3 heteroatoms. The topological polar surface area (TPSA) is 12.0 Å². The molecule has 0 aliphatic heterocycles. The number of hydrogen-bond donors (Lipinski definition) is 1. The molecule has 0 aliphatic rings. The Bertz CT molecular complexity index is 354. The second-order valence-corrected chi connectivity index (χ2v) is 6.20.